The first-order valence-corrected chi connectivity index (χ1v) is 11.3. The number of halogens is 2. The van der Waals surface area contributed by atoms with Crippen molar-refractivity contribution >= 4 is 45.5 Å². The highest BCUT2D eigenvalue weighted by Gasteiger charge is 2.21. The fourth-order valence-electron chi connectivity index (χ4n) is 3.60. The first-order chi connectivity index (χ1) is 17.0. The van der Waals surface area contributed by atoms with Crippen molar-refractivity contribution in [1.82, 2.24) is 10.3 Å². The number of pyridine rings is 1. The fourth-order valence-corrected chi connectivity index (χ4v) is 3.78. The van der Waals surface area contributed by atoms with Crippen molar-refractivity contribution in [2.24, 2.45) is 0 Å². The largest absolute Gasteiger partial charge is 0.486 e. The number of amides is 1. The summed E-state index contributed by atoms with van der Waals surface area (Å²) in [7, 11) is 1.78. The van der Waals surface area contributed by atoms with Crippen LogP contribution in [0.1, 0.15) is 12.0 Å². The third kappa shape index (κ3) is 5.87. The van der Waals surface area contributed by atoms with Crippen LogP contribution in [0, 0.1) is 17.1 Å². The van der Waals surface area contributed by atoms with Gasteiger partial charge in [-0.1, -0.05) is 17.7 Å². The Morgan fingerprint density at radius 1 is 1.40 bits per heavy atom. The molecule has 0 bridgehead atoms. The number of anilines is 3. The third-order valence-corrected chi connectivity index (χ3v) is 5.60. The number of nitrogens with zero attached hydrogens (tertiary/aromatic N) is 2. The van der Waals surface area contributed by atoms with E-state index in [1.807, 2.05) is 0 Å². The highest BCUT2D eigenvalue weighted by Crippen LogP contribution is 2.37. The van der Waals surface area contributed by atoms with E-state index in [2.05, 4.69) is 27.0 Å². The second-order valence-electron chi connectivity index (χ2n) is 7.83. The lowest BCUT2D eigenvalue weighted by Crippen LogP contribution is -2.18. The number of aromatic nitrogens is 1. The van der Waals surface area contributed by atoms with Crippen LogP contribution < -0.4 is 20.7 Å². The van der Waals surface area contributed by atoms with Gasteiger partial charge >= 0.3 is 0 Å². The number of nitrogens with one attached hydrogen (secondary N) is 3. The first-order valence-electron chi connectivity index (χ1n) is 10.9. The minimum Gasteiger partial charge on any atom is -0.486 e. The average Bonchev–Trinajstić information content (AvgIpc) is 3.35. The first kappa shape index (κ1) is 24.4. The van der Waals surface area contributed by atoms with Crippen LogP contribution in [0.2, 0.25) is 5.02 Å². The molecular formula is C25H23ClFN5O3. The Kier molecular flexibility index (Phi) is 7.77. The van der Waals surface area contributed by atoms with Gasteiger partial charge in [0.2, 0.25) is 5.91 Å². The molecule has 1 aliphatic rings. The van der Waals surface area contributed by atoms with Gasteiger partial charge in [0, 0.05) is 42.4 Å². The van der Waals surface area contributed by atoms with Crippen molar-refractivity contribution in [2.45, 2.75) is 12.5 Å². The number of carbonyl (C=O) groups excluding carboxylic acids is 1. The molecule has 2 heterocycles. The molecule has 3 N–H and O–H groups in total. The van der Waals surface area contributed by atoms with Gasteiger partial charge in [0.1, 0.15) is 23.7 Å². The highest BCUT2D eigenvalue weighted by atomic mass is 35.5. The number of carbonyl (C=O) groups is 1. The lowest BCUT2D eigenvalue weighted by Gasteiger charge is -2.18. The number of nitriles is 1. The monoisotopic (exact) mass is 495 g/mol. The Labute approximate surface area is 206 Å². The number of rotatable bonds is 8. The molecule has 10 heteroatoms. The summed E-state index contributed by atoms with van der Waals surface area (Å²) in [6.45, 7) is 1.59. The van der Waals surface area contributed by atoms with E-state index in [0.29, 0.717) is 53.5 Å². The standard InChI is InChI=1S/C25H23ClFN5O3/c1-29-7-2-3-24(33)32-22-10-18-21(11-23(22)35-17-6-8-34-14-17)30-13-15(12-28)25(18)31-16-4-5-20(27)19(26)9-16/h2-5,9-11,13,17,29H,6-8,14H2,1H3,(H,30,31)(H,32,33). The molecular weight excluding hydrogens is 473 g/mol. The lowest BCUT2D eigenvalue weighted by molar-refractivity contribution is -0.111. The van der Waals surface area contributed by atoms with Crippen LogP contribution in [0.15, 0.2) is 48.7 Å². The van der Waals surface area contributed by atoms with E-state index in [1.165, 1.54) is 30.5 Å². The Balaban J connectivity index is 1.78. The normalized spacial score (nSPS) is 15.3. The molecule has 0 saturated carbocycles. The van der Waals surface area contributed by atoms with Crippen molar-refractivity contribution in [3.8, 4) is 11.8 Å². The number of hydrogen-bond donors (Lipinski definition) is 3. The van der Waals surface area contributed by atoms with Gasteiger partial charge in [0.05, 0.1) is 40.7 Å². The molecule has 1 saturated heterocycles. The van der Waals surface area contributed by atoms with Crippen molar-refractivity contribution in [2.75, 3.05) is 37.4 Å². The summed E-state index contributed by atoms with van der Waals surface area (Å²) in [5, 5.41) is 19.1. The van der Waals surface area contributed by atoms with Gasteiger partial charge in [-0.3, -0.25) is 9.78 Å². The van der Waals surface area contributed by atoms with Gasteiger partial charge in [-0.15, -0.1) is 0 Å². The Hall–Kier alpha value is -3.71. The van der Waals surface area contributed by atoms with Crippen molar-refractivity contribution in [3.63, 3.8) is 0 Å². The molecule has 2 aromatic carbocycles. The van der Waals surface area contributed by atoms with Gasteiger partial charge in [0.15, 0.2) is 0 Å². The molecule has 35 heavy (non-hydrogen) atoms. The number of ether oxygens (including phenoxy) is 2. The molecule has 1 fully saturated rings. The van der Waals surface area contributed by atoms with E-state index in [1.54, 1.807) is 25.3 Å². The lowest BCUT2D eigenvalue weighted by atomic mass is 10.1. The molecule has 0 spiro atoms. The number of fused-ring (bicyclic) bond motifs is 1. The van der Waals surface area contributed by atoms with Crippen molar-refractivity contribution < 1.29 is 18.7 Å². The Bertz CT molecular complexity index is 1320. The van der Waals surface area contributed by atoms with Crippen LogP contribution in [0.25, 0.3) is 10.9 Å². The van der Waals surface area contributed by atoms with Crippen LogP contribution >= 0.6 is 11.6 Å². The van der Waals surface area contributed by atoms with Gasteiger partial charge in [0.25, 0.3) is 0 Å². The van der Waals surface area contributed by atoms with Gasteiger partial charge in [-0.05, 0) is 31.3 Å². The predicted octanol–water partition coefficient (Wildman–Crippen LogP) is 4.52. The maximum Gasteiger partial charge on any atom is 0.248 e. The van der Waals surface area contributed by atoms with E-state index in [-0.39, 0.29) is 22.6 Å². The summed E-state index contributed by atoms with van der Waals surface area (Å²) in [6.07, 6.45) is 5.14. The summed E-state index contributed by atoms with van der Waals surface area (Å²) in [5.74, 6) is -0.445. The summed E-state index contributed by atoms with van der Waals surface area (Å²) < 4.78 is 25.2. The molecule has 8 nitrogen and oxygen atoms in total. The minimum absolute atomic E-state index is 0.0531. The minimum atomic E-state index is -0.550. The Morgan fingerprint density at radius 3 is 2.97 bits per heavy atom. The van der Waals surface area contributed by atoms with Crippen LogP contribution in [0.5, 0.6) is 5.75 Å². The second kappa shape index (κ2) is 11.1. The summed E-state index contributed by atoms with van der Waals surface area (Å²) in [6, 6.07) is 9.71. The molecule has 1 aliphatic heterocycles. The maximum atomic E-state index is 13.6. The van der Waals surface area contributed by atoms with Crippen LogP contribution in [-0.2, 0) is 9.53 Å². The summed E-state index contributed by atoms with van der Waals surface area (Å²) >= 11 is 5.93. The van der Waals surface area contributed by atoms with Gasteiger partial charge < -0.3 is 25.4 Å². The van der Waals surface area contributed by atoms with Crippen molar-refractivity contribution in [3.05, 3.63) is 65.1 Å². The third-order valence-electron chi connectivity index (χ3n) is 5.31. The molecule has 0 aliphatic carbocycles. The van der Waals surface area contributed by atoms with E-state index in [4.69, 9.17) is 21.1 Å². The van der Waals surface area contributed by atoms with Gasteiger partial charge in [-0.25, -0.2) is 4.39 Å². The SMILES string of the molecule is CNCC=CC(=O)Nc1cc2c(Nc3ccc(F)c(Cl)c3)c(C#N)cnc2cc1OC1CCOC1. The topological polar surface area (TPSA) is 108 Å². The molecule has 1 atom stereocenters. The number of hydrogen-bond acceptors (Lipinski definition) is 7. The smallest absolute Gasteiger partial charge is 0.248 e. The second-order valence-corrected chi connectivity index (χ2v) is 8.24. The molecule has 3 aromatic rings. The number of likely N-dealkylation sites (N-methyl/N-ethyl adjacent to an activating group) is 1. The molecule has 1 amide bonds. The Morgan fingerprint density at radius 2 is 2.26 bits per heavy atom. The molecule has 1 unspecified atom stereocenters. The quantitative estimate of drug-likeness (QED) is 0.394. The predicted molar refractivity (Wildman–Crippen MR) is 133 cm³/mol. The molecule has 4 rings (SSSR count). The zero-order chi connectivity index (χ0) is 24.8. The fraction of sp³-hybridized carbons (Fsp3) is 0.240. The average molecular weight is 496 g/mol. The molecule has 1 aromatic heterocycles. The summed E-state index contributed by atoms with van der Waals surface area (Å²) in [5.41, 5.74) is 2.15. The molecule has 0 radical (unpaired) electrons. The van der Waals surface area contributed by atoms with E-state index < -0.39 is 5.82 Å². The van der Waals surface area contributed by atoms with E-state index in [9.17, 15) is 14.4 Å². The zero-order valence-corrected chi connectivity index (χ0v) is 19.7. The van der Waals surface area contributed by atoms with Crippen LogP contribution in [-0.4, -0.2) is 43.8 Å². The number of benzene rings is 2. The van der Waals surface area contributed by atoms with E-state index >= 15 is 0 Å². The highest BCUT2D eigenvalue weighted by molar-refractivity contribution is 6.31. The van der Waals surface area contributed by atoms with Crippen molar-refractivity contribution in [1.29, 1.82) is 5.26 Å². The van der Waals surface area contributed by atoms with Crippen LogP contribution in [0.3, 0.4) is 0 Å². The maximum absolute atomic E-state index is 13.6. The summed E-state index contributed by atoms with van der Waals surface area (Å²) in [4.78, 5) is 16.9. The van der Waals surface area contributed by atoms with E-state index in [0.717, 1.165) is 6.42 Å². The zero-order valence-electron chi connectivity index (χ0n) is 18.9. The van der Waals surface area contributed by atoms with Crippen LogP contribution in [0.4, 0.5) is 21.5 Å². The molecule has 180 valence electrons. The van der Waals surface area contributed by atoms with Gasteiger partial charge in [-0.2, -0.15) is 5.26 Å².